The van der Waals surface area contributed by atoms with E-state index in [1.165, 1.54) is 15.8 Å². The van der Waals surface area contributed by atoms with E-state index in [1.54, 1.807) is 18.4 Å². The van der Waals surface area contributed by atoms with E-state index in [0.29, 0.717) is 0 Å². The fourth-order valence-electron chi connectivity index (χ4n) is 2.44. The van der Waals surface area contributed by atoms with E-state index in [0.717, 1.165) is 16.4 Å². The Hall–Kier alpha value is -2.33. The average molecular weight is 280 g/mol. The highest BCUT2D eigenvalue weighted by molar-refractivity contribution is 7.23. The van der Waals surface area contributed by atoms with Gasteiger partial charge in [0, 0.05) is 5.56 Å². The first-order valence-corrected chi connectivity index (χ1v) is 7.18. The molecule has 0 spiro atoms. The van der Waals surface area contributed by atoms with Gasteiger partial charge < -0.3 is 4.74 Å². The molecule has 2 aromatic heterocycles. The highest BCUT2D eigenvalue weighted by Crippen LogP contribution is 2.33. The molecule has 2 heterocycles. The van der Waals surface area contributed by atoms with Crippen molar-refractivity contribution in [3.05, 3.63) is 54.7 Å². The molecule has 0 fully saturated rings. The third-order valence-electron chi connectivity index (χ3n) is 3.41. The van der Waals surface area contributed by atoms with Crippen molar-refractivity contribution in [1.29, 1.82) is 0 Å². The average Bonchev–Trinajstić information content (AvgIpc) is 3.06. The number of aromatic nitrogens is 2. The second-order valence-corrected chi connectivity index (χ2v) is 5.57. The summed E-state index contributed by atoms with van der Waals surface area (Å²) in [4.78, 5) is 5.54. The first-order valence-electron chi connectivity index (χ1n) is 6.36. The first kappa shape index (κ1) is 11.5. The summed E-state index contributed by atoms with van der Waals surface area (Å²) < 4.78 is 8.67. The first-order chi connectivity index (χ1) is 9.86. The number of methoxy groups -OCH3 is 1. The van der Waals surface area contributed by atoms with Gasteiger partial charge in [0.2, 0.25) is 0 Å². The summed E-state index contributed by atoms with van der Waals surface area (Å²) in [6.07, 6.45) is 1.94. The van der Waals surface area contributed by atoms with Crippen molar-refractivity contribution in [2.24, 2.45) is 0 Å². The zero-order valence-electron chi connectivity index (χ0n) is 10.9. The second-order valence-electron chi connectivity index (χ2n) is 4.56. The second kappa shape index (κ2) is 4.35. The van der Waals surface area contributed by atoms with Crippen LogP contribution in [0.2, 0.25) is 0 Å². The van der Waals surface area contributed by atoms with Gasteiger partial charge in [0.15, 0.2) is 4.96 Å². The molecule has 0 aliphatic rings. The Labute approximate surface area is 120 Å². The van der Waals surface area contributed by atoms with Crippen LogP contribution in [0.1, 0.15) is 0 Å². The van der Waals surface area contributed by atoms with E-state index < -0.39 is 0 Å². The number of benzene rings is 2. The van der Waals surface area contributed by atoms with Gasteiger partial charge in [-0.3, -0.25) is 4.40 Å². The largest absolute Gasteiger partial charge is 0.497 e. The van der Waals surface area contributed by atoms with Crippen LogP contribution in [0.5, 0.6) is 5.75 Å². The zero-order chi connectivity index (χ0) is 13.5. The minimum atomic E-state index is 0.878. The Morgan fingerprint density at radius 2 is 1.95 bits per heavy atom. The molecule has 2 aromatic carbocycles. The number of hydrogen-bond acceptors (Lipinski definition) is 3. The fraction of sp³-hybridized carbons (Fsp3) is 0.0625. The Morgan fingerprint density at radius 3 is 2.75 bits per heavy atom. The topological polar surface area (TPSA) is 26.5 Å². The number of fused-ring (bicyclic) bond motifs is 3. The van der Waals surface area contributed by atoms with Gasteiger partial charge in [0.1, 0.15) is 5.75 Å². The maximum Gasteiger partial charge on any atom is 0.195 e. The normalized spacial score (nSPS) is 11.2. The Morgan fingerprint density at radius 1 is 1.10 bits per heavy atom. The number of thiazole rings is 1. The van der Waals surface area contributed by atoms with Crippen LogP contribution in [0.4, 0.5) is 0 Å². The number of nitrogens with zero attached hydrogens (tertiary/aromatic N) is 2. The lowest BCUT2D eigenvalue weighted by Gasteiger charge is -2.02. The molecule has 98 valence electrons. The van der Waals surface area contributed by atoms with Crippen molar-refractivity contribution in [1.82, 2.24) is 9.38 Å². The van der Waals surface area contributed by atoms with Gasteiger partial charge in [-0.2, -0.15) is 0 Å². The van der Waals surface area contributed by atoms with Crippen molar-refractivity contribution in [3.8, 4) is 17.0 Å². The SMILES string of the molecule is COc1ccc2c(c1)sc1ncc(-c3ccccc3)n12. The van der Waals surface area contributed by atoms with Gasteiger partial charge in [-0.25, -0.2) is 4.98 Å². The maximum absolute atomic E-state index is 5.29. The van der Waals surface area contributed by atoms with Crippen molar-refractivity contribution in [2.75, 3.05) is 7.11 Å². The number of imidazole rings is 1. The molecule has 0 aliphatic heterocycles. The van der Waals surface area contributed by atoms with Gasteiger partial charge in [0.05, 0.1) is 29.2 Å². The van der Waals surface area contributed by atoms with Crippen molar-refractivity contribution in [3.63, 3.8) is 0 Å². The van der Waals surface area contributed by atoms with Gasteiger partial charge in [-0.05, 0) is 18.2 Å². The molecule has 0 amide bonds. The van der Waals surface area contributed by atoms with Crippen LogP contribution in [0.15, 0.2) is 54.7 Å². The van der Waals surface area contributed by atoms with E-state index >= 15 is 0 Å². The van der Waals surface area contributed by atoms with E-state index in [4.69, 9.17) is 4.74 Å². The molecule has 4 heteroatoms. The highest BCUT2D eigenvalue weighted by atomic mass is 32.1. The van der Waals surface area contributed by atoms with Crippen LogP contribution in [0.3, 0.4) is 0 Å². The quantitative estimate of drug-likeness (QED) is 0.549. The Kier molecular flexibility index (Phi) is 2.50. The lowest BCUT2D eigenvalue weighted by Crippen LogP contribution is -1.86. The van der Waals surface area contributed by atoms with Gasteiger partial charge >= 0.3 is 0 Å². The van der Waals surface area contributed by atoms with Crippen LogP contribution >= 0.6 is 11.3 Å². The minimum Gasteiger partial charge on any atom is -0.497 e. The molecule has 0 bridgehead atoms. The predicted octanol–water partition coefficient (Wildman–Crippen LogP) is 4.22. The van der Waals surface area contributed by atoms with Gasteiger partial charge in [0.25, 0.3) is 0 Å². The molecule has 0 saturated carbocycles. The fourth-order valence-corrected chi connectivity index (χ4v) is 3.47. The summed E-state index contributed by atoms with van der Waals surface area (Å²) in [5.41, 5.74) is 3.47. The van der Waals surface area contributed by atoms with Crippen LogP contribution < -0.4 is 4.74 Å². The molecule has 0 unspecified atom stereocenters. The summed E-state index contributed by atoms with van der Waals surface area (Å²) in [7, 11) is 1.69. The zero-order valence-corrected chi connectivity index (χ0v) is 11.7. The lowest BCUT2D eigenvalue weighted by molar-refractivity contribution is 0.415. The van der Waals surface area contributed by atoms with Gasteiger partial charge in [-0.1, -0.05) is 41.7 Å². The van der Waals surface area contributed by atoms with Crippen molar-refractivity contribution < 1.29 is 4.74 Å². The van der Waals surface area contributed by atoms with Crippen LogP contribution in [-0.2, 0) is 0 Å². The molecule has 4 rings (SSSR count). The van der Waals surface area contributed by atoms with Crippen LogP contribution in [0, 0.1) is 0 Å². The summed E-state index contributed by atoms with van der Waals surface area (Å²) >= 11 is 1.68. The number of hydrogen-bond donors (Lipinski definition) is 0. The van der Waals surface area contributed by atoms with Gasteiger partial charge in [-0.15, -0.1) is 0 Å². The molecule has 0 N–H and O–H groups in total. The summed E-state index contributed by atoms with van der Waals surface area (Å²) in [5.74, 6) is 0.878. The summed E-state index contributed by atoms with van der Waals surface area (Å²) in [6, 6.07) is 16.5. The van der Waals surface area contributed by atoms with Crippen LogP contribution in [0.25, 0.3) is 26.4 Å². The predicted molar refractivity (Wildman–Crippen MR) is 82.6 cm³/mol. The highest BCUT2D eigenvalue weighted by Gasteiger charge is 2.12. The van der Waals surface area contributed by atoms with E-state index in [1.807, 2.05) is 30.5 Å². The monoisotopic (exact) mass is 280 g/mol. The van der Waals surface area contributed by atoms with Crippen LogP contribution in [-0.4, -0.2) is 16.5 Å². The third kappa shape index (κ3) is 1.62. The molecule has 3 nitrogen and oxygen atoms in total. The Bertz CT molecular complexity index is 893. The van der Waals surface area contributed by atoms with Crippen molar-refractivity contribution in [2.45, 2.75) is 0 Å². The smallest absolute Gasteiger partial charge is 0.195 e. The molecule has 4 aromatic rings. The van der Waals surface area contributed by atoms with E-state index in [9.17, 15) is 0 Å². The molecule has 0 radical (unpaired) electrons. The molecule has 0 saturated heterocycles. The molecule has 20 heavy (non-hydrogen) atoms. The number of ether oxygens (including phenoxy) is 1. The molecule has 0 aliphatic carbocycles. The molecule has 0 atom stereocenters. The maximum atomic E-state index is 5.29. The minimum absolute atomic E-state index is 0.878. The lowest BCUT2D eigenvalue weighted by atomic mass is 10.2. The summed E-state index contributed by atoms with van der Waals surface area (Å²) in [6.45, 7) is 0. The molecular formula is C16H12N2OS. The Balaban J connectivity index is 2.04. The standard InChI is InChI=1S/C16H12N2OS/c1-19-12-7-8-13-15(9-12)20-16-17-10-14(18(13)16)11-5-3-2-4-6-11/h2-10H,1H3. The van der Waals surface area contributed by atoms with E-state index in [-0.39, 0.29) is 0 Å². The van der Waals surface area contributed by atoms with E-state index in [2.05, 4.69) is 33.7 Å². The van der Waals surface area contributed by atoms with Crippen molar-refractivity contribution >= 4 is 26.5 Å². The number of rotatable bonds is 2. The summed E-state index contributed by atoms with van der Waals surface area (Å²) in [5, 5.41) is 0. The molecular weight excluding hydrogens is 268 g/mol. The third-order valence-corrected chi connectivity index (χ3v) is 4.43.